The summed E-state index contributed by atoms with van der Waals surface area (Å²) in [4.78, 5) is 11.2. The molecule has 0 saturated carbocycles. The molecular formula is C8H11ClN2OS. The van der Waals surface area contributed by atoms with E-state index in [9.17, 15) is 4.79 Å². The van der Waals surface area contributed by atoms with E-state index >= 15 is 0 Å². The Morgan fingerprint density at radius 3 is 2.92 bits per heavy atom. The Labute approximate surface area is 85.9 Å². The van der Waals surface area contributed by atoms with Gasteiger partial charge in [0.25, 0.3) is 0 Å². The third-order valence-electron chi connectivity index (χ3n) is 1.34. The number of amides is 1. The van der Waals surface area contributed by atoms with Crippen LogP contribution in [-0.2, 0) is 4.79 Å². The predicted octanol–water partition coefficient (Wildman–Crippen LogP) is 2.08. The normalized spacial score (nSPS) is 12.5. The zero-order chi connectivity index (χ0) is 9.84. The molecule has 1 amide bonds. The number of hydrogen-bond donors (Lipinski definition) is 2. The molecule has 5 heteroatoms. The van der Waals surface area contributed by atoms with Crippen LogP contribution < -0.4 is 11.1 Å². The van der Waals surface area contributed by atoms with Crippen molar-refractivity contribution in [1.29, 1.82) is 0 Å². The number of carbonyl (C=O) groups excluding carboxylic acids is 1. The number of anilines is 1. The molecule has 0 fully saturated rings. The molecule has 0 saturated heterocycles. The van der Waals surface area contributed by atoms with E-state index in [4.69, 9.17) is 17.3 Å². The standard InChI is InChI=1S/C8H11ClN2OS/c1-5(10)4-7(12)11-8-3-2-6(9)13-8/h2-3,5H,4,10H2,1H3,(H,11,12). The van der Waals surface area contributed by atoms with Crippen LogP contribution in [-0.4, -0.2) is 11.9 Å². The molecule has 0 aliphatic heterocycles. The lowest BCUT2D eigenvalue weighted by molar-refractivity contribution is -0.116. The molecule has 0 spiro atoms. The van der Waals surface area contributed by atoms with Gasteiger partial charge in [-0.05, 0) is 19.1 Å². The fourth-order valence-corrected chi connectivity index (χ4v) is 1.82. The summed E-state index contributed by atoms with van der Waals surface area (Å²) in [6.07, 6.45) is 0.329. The fourth-order valence-electron chi connectivity index (χ4n) is 0.862. The summed E-state index contributed by atoms with van der Waals surface area (Å²) < 4.78 is 0.663. The SMILES string of the molecule is CC(N)CC(=O)Nc1ccc(Cl)s1. The molecule has 0 aromatic carbocycles. The van der Waals surface area contributed by atoms with Crippen LogP contribution in [0.25, 0.3) is 0 Å². The summed E-state index contributed by atoms with van der Waals surface area (Å²) in [6, 6.07) is 3.40. The Hall–Kier alpha value is -0.580. The number of thiophene rings is 1. The van der Waals surface area contributed by atoms with Crippen LogP contribution >= 0.6 is 22.9 Å². The van der Waals surface area contributed by atoms with Crippen molar-refractivity contribution in [1.82, 2.24) is 0 Å². The average molecular weight is 219 g/mol. The first-order chi connectivity index (χ1) is 6.08. The van der Waals surface area contributed by atoms with Crippen LogP contribution in [0.5, 0.6) is 0 Å². The molecular weight excluding hydrogens is 208 g/mol. The van der Waals surface area contributed by atoms with Crippen molar-refractivity contribution in [3.8, 4) is 0 Å². The molecule has 1 aromatic rings. The van der Waals surface area contributed by atoms with Gasteiger partial charge in [0.15, 0.2) is 0 Å². The zero-order valence-electron chi connectivity index (χ0n) is 7.21. The summed E-state index contributed by atoms with van der Waals surface area (Å²) in [5, 5.41) is 3.47. The van der Waals surface area contributed by atoms with Gasteiger partial charge in [-0.3, -0.25) is 4.79 Å². The summed E-state index contributed by atoms with van der Waals surface area (Å²) in [7, 11) is 0. The van der Waals surface area contributed by atoms with Gasteiger partial charge in [0.05, 0.1) is 9.34 Å². The van der Waals surface area contributed by atoms with Gasteiger partial charge in [-0.15, -0.1) is 11.3 Å². The topological polar surface area (TPSA) is 55.1 Å². The van der Waals surface area contributed by atoms with Crippen molar-refractivity contribution in [2.75, 3.05) is 5.32 Å². The molecule has 0 bridgehead atoms. The fraction of sp³-hybridized carbons (Fsp3) is 0.375. The van der Waals surface area contributed by atoms with E-state index in [1.807, 2.05) is 0 Å². The van der Waals surface area contributed by atoms with Crippen LogP contribution in [0.4, 0.5) is 5.00 Å². The quantitative estimate of drug-likeness (QED) is 0.816. The van der Waals surface area contributed by atoms with Gasteiger partial charge in [0.2, 0.25) is 5.91 Å². The molecule has 0 radical (unpaired) electrons. The number of hydrogen-bond acceptors (Lipinski definition) is 3. The highest BCUT2D eigenvalue weighted by molar-refractivity contribution is 7.20. The lowest BCUT2D eigenvalue weighted by Crippen LogP contribution is -2.23. The van der Waals surface area contributed by atoms with Gasteiger partial charge >= 0.3 is 0 Å². The molecule has 0 aliphatic carbocycles. The van der Waals surface area contributed by atoms with Crippen LogP contribution in [0, 0.1) is 0 Å². The summed E-state index contributed by atoms with van der Waals surface area (Å²) >= 11 is 7.03. The number of nitrogens with one attached hydrogen (secondary N) is 1. The second-order valence-corrected chi connectivity index (χ2v) is 4.55. The van der Waals surface area contributed by atoms with Crippen molar-refractivity contribution in [3.05, 3.63) is 16.5 Å². The molecule has 1 atom stereocenters. The Bertz CT molecular complexity index is 298. The summed E-state index contributed by atoms with van der Waals surface area (Å²) in [6.45, 7) is 1.79. The first-order valence-electron chi connectivity index (χ1n) is 3.88. The van der Waals surface area contributed by atoms with Gasteiger partial charge in [-0.2, -0.15) is 0 Å². The molecule has 1 unspecified atom stereocenters. The number of carbonyl (C=O) groups is 1. The molecule has 1 rings (SSSR count). The second-order valence-electron chi connectivity index (χ2n) is 2.83. The number of halogens is 1. The maximum absolute atomic E-state index is 11.2. The maximum Gasteiger partial charge on any atom is 0.226 e. The Kier molecular flexibility index (Phi) is 3.71. The van der Waals surface area contributed by atoms with E-state index in [2.05, 4.69) is 5.32 Å². The van der Waals surface area contributed by atoms with E-state index in [1.54, 1.807) is 19.1 Å². The molecule has 0 aliphatic rings. The van der Waals surface area contributed by atoms with Gasteiger partial charge in [0.1, 0.15) is 0 Å². The van der Waals surface area contributed by atoms with Crippen LogP contribution in [0.2, 0.25) is 4.34 Å². The number of nitrogens with two attached hydrogens (primary N) is 1. The van der Waals surface area contributed by atoms with E-state index in [1.165, 1.54) is 11.3 Å². The minimum Gasteiger partial charge on any atom is -0.327 e. The predicted molar refractivity (Wildman–Crippen MR) is 56.2 cm³/mol. The third-order valence-corrected chi connectivity index (χ3v) is 2.49. The van der Waals surface area contributed by atoms with Crippen molar-refractivity contribution >= 4 is 33.8 Å². The first-order valence-corrected chi connectivity index (χ1v) is 5.08. The van der Waals surface area contributed by atoms with E-state index < -0.39 is 0 Å². The van der Waals surface area contributed by atoms with E-state index in [-0.39, 0.29) is 11.9 Å². The minimum atomic E-state index is -0.115. The summed E-state index contributed by atoms with van der Waals surface area (Å²) in [5.74, 6) is -0.0754. The lowest BCUT2D eigenvalue weighted by Gasteiger charge is -2.04. The first kappa shape index (κ1) is 10.5. The Balaban J connectivity index is 2.45. The maximum atomic E-state index is 11.2. The third kappa shape index (κ3) is 3.76. The molecule has 1 aromatic heterocycles. The highest BCUT2D eigenvalue weighted by Gasteiger charge is 2.06. The van der Waals surface area contributed by atoms with Crippen molar-refractivity contribution in [2.24, 2.45) is 5.73 Å². The monoisotopic (exact) mass is 218 g/mol. The van der Waals surface area contributed by atoms with Crippen molar-refractivity contribution < 1.29 is 4.79 Å². The second kappa shape index (κ2) is 4.60. The largest absolute Gasteiger partial charge is 0.327 e. The molecule has 3 nitrogen and oxygen atoms in total. The molecule has 72 valence electrons. The van der Waals surface area contributed by atoms with Crippen LogP contribution in [0.3, 0.4) is 0 Å². The summed E-state index contributed by atoms with van der Waals surface area (Å²) in [5.41, 5.74) is 5.47. The smallest absolute Gasteiger partial charge is 0.226 e. The Morgan fingerprint density at radius 1 is 1.77 bits per heavy atom. The van der Waals surface area contributed by atoms with Crippen molar-refractivity contribution in [2.45, 2.75) is 19.4 Å². The molecule has 3 N–H and O–H groups in total. The highest BCUT2D eigenvalue weighted by atomic mass is 35.5. The van der Waals surface area contributed by atoms with Crippen molar-refractivity contribution in [3.63, 3.8) is 0 Å². The van der Waals surface area contributed by atoms with Gasteiger partial charge in [-0.1, -0.05) is 11.6 Å². The molecule has 13 heavy (non-hydrogen) atoms. The van der Waals surface area contributed by atoms with Gasteiger partial charge < -0.3 is 11.1 Å². The van der Waals surface area contributed by atoms with E-state index in [0.29, 0.717) is 10.8 Å². The molecule has 1 heterocycles. The van der Waals surface area contributed by atoms with Gasteiger partial charge in [0, 0.05) is 12.5 Å². The van der Waals surface area contributed by atoms with Gasteiger partial charge in [-0.25, -0.2) is 0 Å². The van der Waals surface area contributed by atoms with E-state index in [0.717, 1.165) is 5.00 Å². The van der Waals surface area contributed by atoms with Crippen LogP contribution in [0.1, 0.15) is 13.3 Å². The lowest BCUT2D eigenvalue weighted by atomic mass is 10.2. The zero-order valence-corrected chi connectivity index (χ0v) is 8.78. The number of rotatable bonds is 3. The minimum absolute atomic E-state index is 0.0754. The Morgan fingerprint density at radius 2 is 2.46 bits per heavy atom. The average Bonchev–Trinajstić information content (AvgIpc) is 2.33. The highest BCUT2D eigenvalue weighted by Crippen LogP contribution is 2.25. The van der Waals surface area contributed by atoms with Crippen LogP contribution in [0.15, 0.2) is 12.1 Å².